The minimum Gasteiger partial charge on any atom is -0.214 e. The number of terminal acetylenes is 2. The number of hydrogen-bond donors (Lipinski definition) is 0. The maximum atomic E-state index is 5.97. The molecule has 5 heteroatoms. The van der Waals surface area contributed by atoms with Crippen molar-refractivity contribution in [3.63, 3.8) is 0 Å². The third-order valence-electron chi connectivity index (χ3n) is 2.50. The highest BCUT2D eigenvalue weighted by atomic mass is 35.5. The molecular weight excluding hydrogens is 304 g/mol. The van der Waals surface area contributed by atoms with Crippen molar-refractivity contribution in [2.75, 3.05) is 0 Å². The zero-order chi connectivity index (χ0) is 16.8. The molecule has 0 saturated carbocycles. The van der Waals surface area contributed by atoms with E-state index in [1.165, 1.54) is 0 Å². The normalized spacial score (nSPS) is 12.0. The molecule has 0 unspecified atom stereocenters. The molecule has 0 N–H and O–H groups in total. The minimum absolute atomic E-state index is 0.516. The van der Waals surface area contributed by atoms with E-state index >= 15 is 0 Å². The standard InChI is InChI=1S/C17H19ClO4/c1-7-16(3,4)21-19-15(20-22-17(5,6)8-2)13-10-9-11-14(18)12-13/h1-2,9-12,15H,3-6H3. The van der Waals surface area contributed by atoms with Crippen LogP contribution in [0.3, 0.4) is 0 Å². The number of halogens is 1. The van der Waals surface area contributed by atoms with E-state index in [1.807, 2.05) is 0 Å². The van der Waals surface area contributed by atoms with Gasteiger partial charge in [0.05, 0.1) is 0 Å². The maximum absolute atomic E-state index is 5.97. The van der Waals surface area contributed by atoms with E-state index < -0.39 is 17.5 Å². The summed E-state index contributed by atoms with van der Waals surface area (Å²) in [6.07, 6.45) is 9.69. The Kier molecular flexibility index (Phi) is 6.44. The minimum atomic E-state index is -1.00. The monoisotopic (exact) mass is 322 g/mol. The Hall–Kier alpha value is -1.53. The van der Waals surface area contributed by atoms with E-state index in [0.29, 0.717) is 10.6 Å². The summed E-state index contributed by atoms with van der Waals surface area (Å²) < 4.78 is 0. The lowest BCUT2D eigenvalue weighted by molar-refractivity contribution is -0.495. The number of rotatable bonds is 7. The second-order valence-electron chi connectivity index (χ2n) is 5.56. The molecule has 0 aromatic heterocycles. The molecule has 0 aliphatic rings. The Balaban J connectivity index is 2.87. The molecule has 1 rings (SSSR count). The molecule has 0 saturated heterocycles. The Morgan fingerprint density at radius 2 is 1.50 bits per heavy atom. The van der Waals surface area contributed by atoms with E-state index in [4.69, 9.17) is 44.0 Å². The van der Waals surface area contributed by atoms with Gasteiger partial charge in [-0.1, -0.05) is 35.6 Å². The second-order valence-corrected chi connectivity index (χ2v) is 5.99. The van der Waals surface area contributed by atoms with Crippen LogP contribution in [0.4, 0.5) is 0 Å². The zero-order valence-electron chi connectivity index (χ0n) is 13.1. The van der Waals surface area contributed by atoms with Crippen molar-refractivity contribution in [2.24, 2.45) is 0 Å². The molecule has 0 fully saturated rings. The molecule has 0 aliphatic carbocycles. The molecular formula is C17H19ClO4. The molecule has 0 spiro atoms. The highest BCUT2D eigenvalue weighted by Crippen LogP contribution is 2.26. The third-order valence-corrected chi connectivity index (χ3v) is 2.74. The first-order chi connectivity index (χ1) is 10.2. The van der Waals surface area contributed by atoms with Crippen molar-refractivity contribution in [1.29, 1.82) is 0 Å². The van der Waals surface area contributed by atoms with Crippen molar-refractivity contribution >= 4 is 11.6 Å². The van der Waals surface area contributed by atoms with Gasteiger partial charge in [0.15, 0.2) is 11.2 Å². The van der Waals surface area contributed by atoms with Gasteiger partial charge in [0, 0.05) is 10.6 Å². The van der Waals surface area contributed by atoms with Gasteiger partial charge in [-0.2, -0.15) is 9.78 Å². The SMILES string of the molecule is C#CC(C)(C)OOC(OOC(C)(C)C#C)c1cccc(Cl)c1. The quantitative estimate of drug-likeness (QED) is 0.328. The first kappa shape index (κ1) is 18.5. The van der Waals surface area contributed by atoms with Crippen LogP contribution in [-0.2, 0) is 19.6 Å². The van der Waals surface area contributed by atoms with Crippen molar-refractivity contribution < 1.29 is 19.6 Å². The van der Waals surface area contributed by atoms with E-state index in [0.717, 1.165) is 0 Å². The van der Waals surface area contributed by atoms with Crippen LogP contribution in [0.15, 0.2) is 24.3 Å². The fourth-order valence-electron chi connectivity index (χ4n) is 1.16. The molecule has 0 bridgehead atoms. The molecule has 118 valence electrons. The summed E-state index contributed by atoms with van der Waals surface area (Å²) in [6, 6.07) is 6.87. The molecule has 1 aromatic carbocycles. The van der Waals surface area contributed by atoms with Crippen molar-refractivity contribution in [2.45, 2.75) is 45.2 Å². The van der Waals surface area contributed by atoms with Gasteiger partial charge in [0.25, 0.3) is 0 Å². The van der Waals surface area contributed by atoms with Crippen LogP contribution in [-0.4, -0.2) is 11.2 Å². The fourth-order valence-corrected chi connectivity index (χ4v) is 1.36. The summed E-state index contributed by atoms with van der Waals surface area (Å²) in [6.45, 7) is 6.70. The van der Waals surface area contributed by atoms with Crippen molar-refractivity contribution in [3.05, 3.63) is 34.9 Å². The Bertz CT molecular complexity index is 551. The van der Waals surface area contributed by atoms with Crippen LogP contribution in [0.2, 0.25) is 5.02 Å². The number of benzene rings is 1. The molecule has 0 heterocycles. The summed E-state index contributed by atoms with van der Waals surface area (Å²) in [5.74, 6) is 4.88. The largest absolute Gasteiger partial charge is 0.249 e. The molecule has 0 atom stereocenters. The molecule has 22 heavy (non-hydrogen) atoms. The number of hydrogen-bond acceptors (Lipinski definition) is 4. The Labute approximate surface area is 136 Å². The lowest BCUT2D eigenvalue weighted by atomic mass is 10.2. The summed E-state index contributed by atoms with van der Waals surface area (Å²) in [5, 5.41) is 0.516. The molecule has 1 aromatic rings. The van der Waals surface area contributed by atoms with Gasteiger partial charge in [0.2, 0.25) is 6.29 Å². The predicted molar refractivity (Wildman–Crippen MR) is 84.4 cm³/mol. The first-order valence-corrected chi connectivity index (χ1v) is 6.97. The zero-order valence-corrected chi connectivity index (χ0v) is 13.8. The molecule has 4 nitrogen and oxygen atoms in total. The van der Waals surface area contributed by atoms with Crippen LogP contribution in [0.5, 0.6) is 0 Å². The average Bonchev–Trinajstić information content (AvgIpc) is 2.47. The highest BCUT2D eigenvalue weighted by Gasteiger charge is 2.25. The van der Waals surface area contributed by atoms with Crippen LogP contribution < -0.4 is 0 Å². The van der Waals surface area contributed by atoms with Gasteiger partial charge in [-0.3, -0.25) is 0 Å². The predicted octanol–water partition coefficient (Wildman–Crippen LogP) is 4.06. The third kappa shape index (κ3) is 6.07. The average molecular weight is 323 g/mol. The lowest BCUT2D eigenvalue weighted by Crippen LogP contribution is -2.27. The smallest absolute Gasteiger partial charge is 0.214 e. The molecule has 0 aliphatic heterocycles. The Morgan fingerprint density at radius 3 is 1.91 bits per heavy atom. The molecule has 0 amide bonds. The van der Waals surface area contributed by atoms with Gasteiger partial charge >= 0.3 is 0 Å². The van der Waals surface area contributed by atoms with Crippen LogP contribution in [0.25, 0.3) is 0 Å². The maximum Gasteiger partial charge on any atom is 0.249 e. The van der Waals surface area contributed by atoms with E-state index in [2.05, 4.69) is 11.8 Å². The van der Waals surface area contributed by atoms with Gasteiger partial charge in [-0.15, -0.1) is 12.8 Å². The second kappa shape index (κ2) is 7.65. The topological polar surface area (TPSA) is 36.9 Å². The van der Waals surface area contributed by atoms with E-state index in [-0.39, 0.29) is 0 Å². The van der Waals surface area contributed by atoms with Gasteiger partial charge < -0.3 is 0 Å². The van der Waals surface area contributed by atoms with Crippen LogP contribution in [0.1, 0.15) is 39.5 Å². The van der Waals surface area contributed by atoms with Crippen molar-refractivity contribution in [3.8, 4) is 24.7 Å². The fraction of sp³-hybridized carbons (Fsp3) is 0.412. The lowest BCUT2D eigenvalue weighted by Gasteiger charge is -2.25. The first-order valence-electron chi connectivity index (χ1n) is 6.59. The van der Waals surface area contributed by atoms with E-state index in [9.17, 15) is 0 Å². The summed E-state index contributed by atoms with van der Waals surface area (Å²) in [4.78, 5) is 20.9. The highest BCUT2D eigenvalue weighted by molar-refractivity contribution is 6.30. The van der Waals surface area contributed by atoms with Gasteiger partial charge in [-0.05, 0) is 39.8 Å². The van der Waals surface area contributed by atoms with Gasteiger partial charge in [0.1, 0.15) is 0 Å². The Morgan fingerprint density at radius 1 is 1.00 bits per heavy atom. The summed E-state index contributed by atoms with van der Waals surface area (Å²) in [7, 11) is 0. The van der Waals surface area contributed by atoms with E-state index in [1.54, 1.807) is 52.0 Å². The van der Waals surface area contributed by atoms with Crippen LogP contribution in [0, 0.1) is 24.7 Å². The summed E-state index contributed by atoms with van der Waals surface area (Å²) in [5.41, 5.74) is -1.27. The van der Waals surface area contributed by atoms with Crippen LogP contribution >= 0.6 is 11.6 Å². The molecule has 0 radical (unpaired) electrons. The summed E-state index contributed by atoms with van der Waals surface area (Å²) >= 11 is 5.97. The van der Waals surface area contributed by atoms with Gasteiger partial charge in [-0.25, -0.2) is 9.78 Å². The van der Waals surface area contributed by atoms with Crippen molar-refractivity contribution in [1.82, 2.24) is 0 Å².